The van der Waals surface area contributed by atoms with Crippen LogP contribution in [0.25, 0.3) is 0 Å². The van der Waals surface area contributed by atoms with Gasteiger partial charge >= 0.3 is 5.97 Å². The van der Waals surface area contributed by atoms with Gasteiger partial charge in [-0.15, -0.1) is 0 Å². The van der Waals surface area contributed by atoms with Crippen molar-refractivity contribution in [2.75, 3.05) is 10.6 Å². The zero-order valence-corrected chi connectivity index (χ0v) is 22.1. The monoisotopic (exact) mass is 568 g/mol. The van der Waals surface area contributed by atoms with Crippen LogP contribution in [-0.4, -0.2) is 11.1 Å². The Morgan fingerprint density at radius 2 is 1.51 bits per heavy atom. The Balaban J connectivity index is 1.52. The minimum atomic E-state index is -1.05. The average Bonchev–Trinajstić information content (AvgIpc) is 3.25. The highest BCUT2D eigenvalue weighted by Crippen LogP contribution is 2.45. The maximum absolute atomic E-state index is 14.2. The van der Waals surface area contributed by atoms with Gasteiger partial charge in [0.25, 0.3) is 0 Å². The first-order valence-corrected chi connectivity index (χ1v) is 13.0. The van der Waals surface area contributed by atoms with E-state index in [2.05, 4.69) is 10.6 Å². The quantitative estimate of drug-likeness (QED) is 0.192. The normalized spacial score (nSPS) is 13.3. The van der Waals surface area contributed by atoms with Gasteiger partial charge in [-0.2, -0.15) is 0 Å². The number of hydrogen-bond donors (Lipinski definition) is 3. The molecule has 5 rings (SSSR count). The Kier molecular flexibility index (Phi) is 7.64. The van der Waals surface area contributed by atoms with Crippen LogP contribution in [0.15, 0.2) is 78.9 Å². The third-order valence-corrected chi connectivity index (χ3v) is 7.22. The third-order valence-electron chi connectivity index (χ3n) is 6.62. The molecule has 0 saturated carbocycles. The van der Waals surface area contributed by atoms with Crippen LogP contribution in [0.1, 0.15) is 28.7 Å². The number of fused-ring (bicyclic) bond motifs is 1. The van der Waals surface area contributed by atoms with E-state index in [9.17, 15) is 13.6 Å². The van der Waals surface area contributed by atoms with Crippen molar-refractivity contribution in [1.29, 1.82) is 0 Å². The third kappa shape index (κ3) is 5.95. The van der Waals surface area contributed by atoms with Crippen LogP contribution in [0.4, 0.5) is 20.2 Å². The molecule has 0 unspecified atom stereocenters. The highest BCUT2D eigenvalue weighted by Gasteiger charge is 2.41. The number of carboxylic acids is 1. The van der Waals surface area contributed by atoms with Gasteiger partial charge < -0.3 is 20.5 Å². The van der Waals surface area contributed by atoms with Gasteiger partial charge in [0.2, 0.25) is 0 Å². The second-order valence-electron chi connectivity index (χ2n) is 9.37. The Bertz CT molecular complexity index is 1500. The number of rotatable bonds is 9. The number of aliphatic carboxylic acids is 1. The summed E-state index contributed by atoms with van der Waals surface area (Å²) < 4.78 is 34.6. The van der Waals surface area contributed by atoms with Crippen LogP contribution < -0.4 is 15.4 Å². The van der Waals surface area contributed by atoms with Crippen molar-refractivity contribution >= 4 is 40.5 Å². The second kappa shape index (κ2) is 11.1. The van der Waals surface area contributed by atoms with Crippen LogP contribution in [0.2, 0.25) is 10.0 Å². The summed E-state index contributed by atoms with van der Waals surface area (Å²) in [6.45, 7) is 0.178. The summed E-state index contributed by atoms with van der Waals surface area (Å²) in [5, 5.41) is 16.7. The average molecular weight is 569 g/mol. The number of ether oxygens (including phenoxy) is 1. The number of carboxylic acid groups (broad SMARTS) is 1. The fourth-order valence-electron chi connectivity index (χ4n) is 4.68. The number of anilines is 2. The molecule has 0 saturated heterocycles. The van der Waals surface area contributed by atoms with E-state index in [1.165, 1.54) is 0 Å². The maximum Gasteiger partial charge on any atom is 0.303 e. The molecule has 0 bridgehead atoms. The van der Waals surface area contributed by atoms with E-state index in [-0.39, 0.29) is 13.0 Å². The molecule has 0 aliphatic carbocycles. The number of carbonyl (C=O) groups is 1. The number of benzene rings is 4. The van der Waals surface area contributed by atoms with Gasteiger partial charge in [-0.25, -0.2) is 8.78 Å². The number of hydrogen-bond acceptors (Lipinski definition) is 4. The van der Waals surface area contributed by atoms with Gasteiger partial charge in [0.1, 0.15) is 18.0 Å². The van der Waals surface area contributed by atoms with E-state index in [1.807, 2.05) is 48.5 Å². The lowest BCUT2D eigenvalue weighted by atomic mass is 9.90. The van der Waals surface area contributed by atoms with Crippen LogP contribution in [0, 0.1) is 11.6 Å². The smallest absolute Gasteiger partial charge is 0.303 e. The van der Waals surface area contributed by atoms with E-state index in [0.29, 0.717) is 45.6 Å². The van der Waals surface area contributed by atoms with E-state index in [4.69, 9.17) is 33.0 Å². The van der Waals surface area contributed by atoms with Crippen molar-refractivity contribution in [3.05, 3.63) is 123 Å². The van der Waals surface area contributed by atoms with Crippen LogP contribution in [0.3, 0.4) is 0 Å². The highest BCUT2D eigenvalue weighted by molar-refractivity contribution is 6.31. The van der Waals surface area contributed by atoms with Crippen LogP contribution >= 0.6 is 23.2 Å². The molecule has 4 aromatic rings. The zero-order valence-electron chi connectivity index (χ0n) is 20.6. The summed E-state index contributed by atoms with van der Waals surface area (Å²) in [5.41, 5.74) is 3.01. The molecule has 0 radical (unpaired) electrons. The standard InChI is InChI=1S/C30H24Cl2F2N2O3/c31-21-10-11-22(28(13-21)39-17-20-3-1-2-4-23(20)32)30(35-26-14-24(33)25(34)15-27(26)36-30)16-19-7-5-18(6-8-19)9-12-29(37)38/h1-8,10-11,13-15,35-36H,9,12,16-17H2,(H,37,38). The molecule has 1 aliphatic heterocycles. The van der Waals surface area contributed by atoms with Crippen molar-refractivity contribution < 1.29 is 23.4 Å². The van der Waals surface area contributed by atoms with Gasteiger partial charge in [-0.3, -0.25) is 4.79 Å². The molecule has 0 spiro atoms. The zero-order chi connectivity index (χ0) is 27.6. The van der Waals surface area contributed by atoms with Gasteiger partial charge in [-0.05, 0) is 41.8 Å². The summed E-state index contributed by atoms with van der Waals surface area (Å²) in [6.07, 6.45) is 0.808. The molecule has 0 amide bonds. The maximum atomic E-state index is 14.2. The van der Waals surface area contributed by atoms with E-state index in [0.717, 1.165) is 28.8 Å². The Morgan fingerprint density at radius 1 is 0.872 bits per heavy atom. The molecule has 39 heavy (non-hydrogen) atoms. The fourth-order valence-corrected chi connectivity index (χ4v) is 5.04. The first-order chi connectivity index (χ1) is 18.7. The van der Waals surface area contributed by atoms with Gasteiger partial charge in [0.05, 0.1) is 11.4 Å². The topological polar surface area (TPSA) is 70.6 Å². The molecule has 1 aliphatic rings. The SMILES string of the molecule is O=C(O)CCc1ccc(CC2(c3ccc(Cl)cc3OCc3ccccc3Cl)Nc3cc(F)c(F)cc3N2)cc1. The minimum Gasteiger partial charge on any atom is -0.488 e. The molecule has 0 atom stereocenters. The lowest BCUT2D eigenvalue weighted by molar-refractivity contribution is -0.136. The van der Waals surface area contributed by atoms with Crippen LogP contribution in [-0.2, 0) is 29.9 Å². The Morgan fingerprint density at radius 3 is 2.15 bits per heavy atom. The molecular formula is C30H24Cl2F2N2O3. The molecule has 1 heterocycles. The summed E-state index contributed by atoms with van der Waals surface area (Å²) in [5.74, 6) is -2.32. The number of aryl methyl sites for hydroxylation is 1. The number of halogens is 4. The fraction of sp³-hybridized carbons (Fsp3) is 0.167. The van der Waals surface area contributed by atoms with Gasteiger partial charge in [0, 0.05) is 46.1 Å². The van der Waals surface area contributed by atoms with E-state index < -0.39 is 23.3 Å². The van der Waals surface area contributed by atoms with Crippen molar-refractivity contribution in [2.24, 2.45) is 0 Å². The molecule has 9 heteroatoms. The van der Waals surface area contributed by atoms with Crippen molar-refractivity contribution in [1.82, 2.24) is 0 Å². The van der Waals surface area contributed by atoms with E-state index >= 15 is 0 Å². The Hall–Kier alpha value is -3.81. The van der Waals surface area contributed by atoms with Crippen LogP contribution in [0.5, 0.6) is 5.75 Å². The summed E-state index contributed by atoms with van der Waals surface area (Å²) in [7, 11) is 0. The van der Waals surface area contributed by atoms with E-state index in [1.54, 1.807) is 18.2 Å². The summed E-state index contributed by atoms with van der Waals surface area (Å²) in [6, 6.07) is 22.4. The van der Waals surface area contributed by atoms with Crippen molar-refractivity contribution in [3.8, 4) is 5.75 Å². The predicted molar refractivity (Wildman–Crippen MR) is 149 cm³/mol. The summed E-state index contributed by atoms with van der Waals surface area (Å²) in [4.78, 5) is 10.9. The van der Waals surface area contributed by atoms with Crippen molar-refractivity contribution in [3.63, 3.8) is 0 Å². The highest BCUT2D eigenvalue weighted by atomic mass is 35.5. The predicted octanol–water partition coefficient (Wildman–Crippen LogP) is 7.80. The molecule has 3 N–H and O–H groups in total. The Labute approximate surface area is 234 Å². The second-order valence-corrected chi connectivity index (χ2v) is 10.2. The molecular weight excluding hydrogens is 545 g/mol. The molecule has 4 aromatic carbocycles. The lowest BCUT2D eigenvalue weighted by Gasteiger charge is -2.33. The van der Waals surface area contributed by atoms with Gasteiger partial charge in [0.15, 0.2) is 11.6 Å². The molecule has 200 valence electrons. The van der Waals surface area contributed by atoms with Crippen molar-refractivity contribution in [2.45, 2.75) is 31.5 Å². The molecule has 5 nitrogen and oxygen atoms in total. The first-order valence-electron chi connectivity index (χ1n) is 12.2. The summed E-state index contributed by atoms with van der Waals surface area (Å²) >= 11 is 12.7. The molecule has 0 aromatic heterocycles. The van der Waals surface area contributed by atoms with Gasteiger partial charge in [-0.1, -0.05) is 65.7 Å². The number of nitrogens with one attached hydrogen (secondary N) is 2. The first kappa shape index (κ1) is 26.8. The lowest BCUT2D eigenvalue weighted by Crippen LogP contribution is -2.41. The molecule has 0 fully saturated rings. The minimum absolute atomic E-state index is 0.0374. The largest absolute Gasteiger partial charge is 0.488 e.